The van der Waals surface area contributed by atoms with Crippen LogP contribution in [-0.4, -0.2) is 57.6 Å². The number of hydrogen-bond acceptors (Lipinski definition) is 5. The summed E-state index contributed by atoms with van der Waals surface area (Å²) in [4.78, 5) is 28.3. The Bertz CT molecular complexity index is 1170. The Balaban J connectivity index is 2.48. The molecule has 2 amide bonds. The number of nitrogens with zero attached hydrogens (tertiary/aromatic N) is 2. The number of carbonyl (C=O) groups excluding carboxylic acids is 2. The molecule has 0 fully saturated rings. The molecule has 10 heteroatoms. The van der Waals surface area contributed by atoms with Crippen molar-refractivity contribution >= 4 is 39.1 Å². The van der Waals surface area contributed by atoms with E-state index in [0.717, 1.165) is 16.1 Å². The second-order valence-corrected chi connectivity index (χ2v) is 11.5. The van der Waals surface area contributed by atoms with Gasteiger partial charge in [-0.15, -0.1) is 0 Å². The van der Waals surface area contributed by atoms with Gasteiger partial charge < -0.3 is 15.0 Å². The highest BCUT2D eigenvalue weighted by Gasteiger charge is 2.32. The molecule has 36 heavy (non-hydrogen) atoms. The zero-order chi connectivity index (χ0) is 27.0. The molecule has 198 valence electrons. The van der Waals surface area contributed by atoms with Crippen molar-refractivity contribution < 1.29 is 22.7 Å². The van der Waals surface area contributed by atoms with E-state index in [4.69, 9.17) is 16.3 Å². The molecule has 0 aromatic heterocycles. The molecule has 0 spiro atoms. The summed E-state index contributed by atoms with van der Waals surface area (Å²) in [7, 11) is -2.29. The molecule has 0 bridgehead atoms. The van der Waals surface area contributed by atoms with Gasteiger partial charge in [0.15, 0.2) is 0 Å². The van der Waals surface area contributed by atoms with Crippen LogP contribution in [0.4, 0.5) is 5.69 Å². The number of anilines is 1. The number of methoxy groups -OCH3 is 1. The zero-order valence-corrected chi connectivity index (χ0v) is 23.3. The van der Waals surface area contributed by atoms with Crippen LogP contribution in [0.3, 0.4) is 0 Å². The van der Waals surface area contributed by atoms with Gasteiger partial charge in [-0.2, -0.15) is 0 Å². The van der Waals surface area contributed by atoms with Crippen molar-refractivity contribution in [1.82, 2.24) is 10.2 Å². The second-order valence-electron chi connectivity index (χ2n) is 9.14. The second kappa shape index (κ2) is 13.0. The van der Waals surface area contributed by atoms with Crippen molar-refractivity contribution in [3.8, 4) is 5.75 Å². The SMILES string of the molecule is CC[C@@H](C(=O)NCC(C)C)N(Cc1cccc(OC)c1)C(=O)CN(c1cc(Cl)ccc1C)S(C)(=O)=O. The van der Waals surface area contributed by atoms with Gasteiger partial charge in [-0.25, -0.2) is 8.42 Å². The molecule has 0 aliphatic carbocycles. The normalized spacial score (nSPS) is 12.2. The number of sulfonamides is 1. The molecular formula is C26H36ClN3O5S. The Hall–Kier alpha value is -2.78. The Kier molecular flexibility index (Phi) is 10.6. The number of hydrogen-bond donors (Lipinski definition) is 1. The molecule has 0 radical (unpaired) electrons. The number of benzene rings is 2. The van der Waals surface area contributed by atoms with Crippen LogP contribution < -0.4 is 14.4 Å². The average molecular weight is 538 g/mol. The predicted octanol–water partition coefficient (Wildman–Crippen LogP) is 4.00. The Labute approximate surface area is 219 Å². The minimum absolute atomic E-state index is 0.107. The number of rotatable bonds is 12. The topological polar surface area (TPSA) is 96.0 Å². The molecule has 0 aliphatic heterocycles. The fraction of sp³-hybridized carbons (Fsp3) is 0.462. The van der Waals surface area contributed by atoms with Crippen LogP contribution in [0.5, 0.6) is 5.75 Å². The Morgan fingerprint density at radius 2 is 1.83 bits per heavy atom. The van der Waals surface area contributed by atoms with E-state index in [9.17, 15) is 18.0 Å². The van der Waals surface area contributed by atoms with Gasteiger partial charge in [-0.1, -0.05) is 50.6 Å². The summed E-state index contributed by atoms with van der Waals surface area (Å²) in [5.74, 6) is 0.0616. The smallest absolute Gasteiger partial charge is 0.244 e. The summed E-state index contributed by atoms with van der Waals surface area (Å²) in [6, 6.07) is 11.3. The average Bonchev–Trinajstić information content (AvgIpc) is 2.82. The van der Waals surface area contributed by atoms with Crippen LogP contribution in [-0.2, 0) is 26.2 Å². The van der Waals surface area contributed by atoms with Crippen LogP contribution in [0.25, 0.3) is 0 Å². The van der Waals surface area contributed by atoms with E-state index in [2.05, 4.69) is 5.32 Å². The molecule has 1 N–H and O–H groups in total. The first-order valence-corrected chi connectivity index (χ1v) is 14.0. The lowest BCUT2D eigenvalue weighted by Crippen LogP contribution is -2.52. The van der Waals surface area contributed by atoms with Crippen LogP contribution >= 0.6 is 11.6 Å². The van der Waals surface area contributed by atoms with Gasteiger partial charge in [0, 0.05) is 18.1 Å². The highest BCUT2D eigenvalue weighted by molar-refractivity contribution is 7.92. The molecule has 8 nitrogen and oxygen atoms in total. The molecule has 2 aromatic carbocycles. The first-order chi connectivity index (χ1) is 16.9. The molecule has 0 heterocycles. The molecule has 0 saturated heterocycles. The van der Waals surface area contributed by atoms with E-state index >= 15 is 0 Å². The largest absolute Gasteiger partial charge is 0.497 e. The first kappa shape index (κ1) is 29.5. The monoisotopic (exact) mass is 537 g/mol. The van der Waals surface area contributed by atoms with E-state index in [-0.39, 0.29) is 18.4 Å². The fourth-order valence-electron chi connectivity index (χ4n) is 3.76. The van der Waals surface area contributed by atoms with Crippen LogP contribution in [0, 0.1) is 12.8 Å². The first-order valence-electron chi connectivity index (χ1n) is 11.8. The van der Waals surface area contributed by atoms with Gasteiger partial charge in [-0.05, 0) is 54.7 Å². The predicted molar refractivity (Wildman–Crippen MR) is 144 cm³/mol. The number of aryl methyl sites for hydroxylation is 1. The molecule has 2 rings (SSSR count). The number of halogens is 1. The molecule has 1 atom stereocenters. The van der Waals surface area contributed by atoms with Crippen molar-refractivity contribution in [1.29, 1.82) is 0 Å². The Morgan fingerprint density at radius 3 is 2.42 bits per heavy atom. The quantitative estimate of drug-likeness (QED) is 0.441. The Morgan fingerprint density at radius 1 is 1.14 bits per heavy atom. The summed E-state index contributed by atoms with van der Waals surface area (Å²) in [5.41, 5.74) is 1.72. The van der Waals surface area contributed by atoms with Gasteiger partial charge in [0.25, 0.3) is 0 Å². The van der Waals surface area contributed by atoms with Gasteiger partial charge in [0.2, 0.25) is 21.8 Å². The number of amides is 2. The van der Waals surface area contributed by atoms with E-state index in [0.29, 0.717) is 35.0 Å². The summed E-state index contributed by atoms with van der Waals surface area (Å²) < 4.78 is 31.9. The van der Waals surface area contributed by atoms with Gasteiger partial charge >= 0.3 is 0 Å². The fourth-order valence-corrected chi connectivity index (χ4v) is 4.82. The maximum absolute atomic E-state index is 13.7. The highest BCUT2D eigenvalue weighted by Crippen LogP contribution is 2.27. The molecular weight excluding hydrogens is 502 g/mol. The number of ether oxygens (including phenoxy) is 1. The van der Waals surface area contributed by atoms with Crippen molar-refractivity contribution in [3.63, 3.8) is 0 Å². The molecule has 0 saturated carbocycles. The summed E-state index contributed by atoms with van der Waals surface area (Å²) >= 11 is 6.14. The van der Waals surface area contributed by atoms with Crippen molar-refractivity contribution in [2.75, 3.05) is 30.8 Å². The minimum Gasteiger partial charge on any atom is -0.497 e. The van der Waals surface area contributed by atoms with Crippen molar-refractivity contribution in [2.45, 2.75) is 46.7 Å². The minimum atomic E-state index is -3.84. The number of nitrogens with one attached hydrogen (secondary N) is 1. The molecule has 0 aliphatic rings. The van der Waals surface area contributed by atoms with E-state index in [1.54, 1.807) is 44.4 Å². The summed E-state index contributed by atoms with van der Waals surface area (Å²) in [5, 5.41) is 3.25. The van der Waals surface area contributed by atoms with Crippen molar-refractivity contribution in [3.05, 3.63) is 58.6 Å². The zero-order valence-electron chi connectivity index (χ0n) is 21.7. The summed E-state index contributed by atoms with van der Waals surface area (Å²) in [6.07, 6.45) is 1.40. The van der Waals surface area contributed by atoms with Crippen LogP contribution in [0.2, 0.25) is 5.02 Å². The van der Waals surface area contributed by atoms with E-state index in [1.165, 1.54) is 11.0 Å². The number of carbonyl (C=O) groups is 2. The summed E-state index contributed by atoms with van der Waals surface area (Å²) in [6.45, 7) is 7.63. The van der Waals surface area contributed by atoms with Gasteiger partial charge in [0.1, 0.15) is 18.3 Å². The third-order valence-electron chi connectivity index (χ3n) is 5.68. The highest BCUT2D eigenvalue weighted by atomic mass is 35.5. The molecule has 2 aromatic rings. The van der Waals surface area contributed by atoms with Gasteiger partial charge in [0.05, 0.1) is 19.1 Å². The van der Waals surface area contributed by atoms with Crippen LogP contribution in [0.15, 0.2) is 42.5 Å². The van der Waals surface area contributed by atoms with E-state index < -0.39 is 28.5 Å². The van der Waals surface area contributed by atoms with Crippen LogP contribution in [0.1, 0.15) is 38.3 Å². The third kappa shape index (κ3) is 8.13. The standard InChI is InChI=1S/C26H36ClN3O5S/c1-7-23(26(32)28-15-18(2)3)29(16-20-9-8-10-22(13-20)35-5)25(31)17-30(36(6,33)34)24-14-21(27)12-11-19(24)4/h8-14,18,23H,7,15-17H2,1-6H3,(H,28,32)/t23-/m0/s1. The molecule has 0 unspecified atom stereocenters. The lowest BCUT2D eigenvalue weighted by molar-refractivity contribution is -0.140. The maximum Gasteiger partial charge on any atom is 0.244 e. The third-order valence-corrected chi connectivity index (χ3v) is 7.04. The van der Waals surface area contributed by atoms with Crippen molar-refractivity contribution in [2.24, 2.45) is 5.92 Å². The lowest BCUT2D eigenvalue weighted by Gasteiger charge is -2.33. The van der Waals surface area contributed by atoms with Gasteiger partial charge in [-0.3, -0.25) is 13.9 Å². The maximum atomic E-state index is 13.7. The lowest BCUT2D eigenvalue weighted by atomic mass is 10.1. The van der Waals surface area contributed by atoms with E-state index in [1.807, 2.05) is 26.8 Å².